The van der Waals surface area contributed by atoms with Gasteiger partial charge in [0.05, 0.1) is 0 Å². The monoisotopic (exact) mass is 354 g/mol. The van der Waals surface area contributed by atoms with Crippen LogP contribution in [-0.4, -0.2) is 35.4 Å². The Morgan fingerprint density at radius 3 is 0.333 bits per heavy atom. The summed E-state index contributed by atoms with van der Waals surface area (Å²) in [6.07, 6.45) is 0. The van der Waals surface area contributed by atoms with Crippen LogP contribution in [0.1, 0.15) is 41.5 Å². The van der Waals surface area contributed by atoms with Gasteiger partial charge >= 0.3 is 0 Å². The molecule has 0 aliphatic heterocycles. The fourth-order valence-electron chi connectivity index (χ4n) is 0. The zero-order chi connectivity index (χ0) is 21.5. The fourth-order valence-corrected chi connectivity index (χ4v) is 0. The lowest BCUT2D eigenvalue weighted by Gasteiger charge is -1.60. The Hall–Kier alpha value is -3.18. The van der Waals surface area contributed by atoms with Gasteiger partial charge in [-0.15, -0.1) is 0 Å². The average molecular weight is 354 g/mol. The normalized spacial score (nSPS) is 6.25. The molecule has 0 aromatic heterocycles. The smallest absolute Gasteiger partial charge is 0.214 e. The van der Waals surface area contributed by atoms with E-state index in [-0.39, 0.29) is 35.4 Å². The van der Waals surface area contributed by atoms with Crippen molar-refractivity contribution in [2.45, 2.75) is 41.5 Å². The van der Waals surface area contributed by atoms with Crippen LogP contribution in [0.15, 0.2) is 0 Å². The van der Waals surface area contributed by atoms with Gasteiger partial charge < -0.3 is 34.4 Å². The molecule has 12 nitrogen and oxygen atoms in total. The van der Waals surface area contributed by atoms with Crippen LogP contribution in [0.2, 0.25) is 0 Å². The minimum atomic E-state index is -0.333. The summed E-state index contributed by atoms with van der Waals surface area (Å²) in [6.45, 7) is 7.83. The van der Waals surface area contributed by atoms with Gasteiger partial charge in [0.25, 0.3) is 0 Å². The highest BCUT2D eigenvalue weighted by Gasteiger charge is 1.63. The molecule has 144 valence electrons. The highest BCUT2D eigenvalue weighted by atomic mass is 16.2. The largest absolute Gasteiger partial charge is 0.370 e. The molecule has 24 heavy (non-hydrogen) atoms. The number of rotatable bonds is 0. The van der Waals surface area contributed by atoms with Gasteiger partial charge in [-0.2, -0.15) is 0 Å². The third kappa shape index (κ3) is 591. The molecule has 12 N–H and O–H groups in total. The molecule has 0 unspecified atom stereocenters. The number of amides is 6. The second kappa shape index (κ2) is 32.0. The molecule has 0 rings (SSSR count). The summed E-state index contributed by atoms with van der Waals surface area (Å²) in [5, 5.41) is 0. The van der Waals surface area contributed by atoms with Crippen molar-refractivity contribution >= 4 is 35.4 Å². The maximum atomic E-state index is 9.22. The Kier molecular flexibility index (Phi) is 49.6. The molecule has 0 fully saturated rings. The predicted octanol–water partition coefficient (Wildman–Crippen LogP) is -3.05. The Morgan fingerprint density at radius 1 is 0.333 bits per heavy atom. The molecular weight excluding hydrogens is 324 g/mol. The van der Waals surface area contributed by atoms with Crippen LogP contribution in [0.25, 0.3) is 0 Å². The van der Waals surface area contributed by atoms with Gasteiger partial charge in [-0.1, -0.05) is 0 Å². The first-order chi connectivity index (χ1) is 10.4. The Balaban J connectivity index is -0.0000000405. The number of hydrogen-bond donors (Lipinski definition) is 6. The van der Waals surface area contributed by atoms with Crippen LogP contribution in [0.5, 0.6) is 0 Å². The Morgan fingerprint density at radius 2 is 0.333 bits per heavy atom. The van der Waals surface area contributed by atoms with Gasteiger partial charge in [-0.3, -0.25) is 28.8 Å². The van der Waals surface area contributed by atoms with Crippen LogP contribution in [0.4, 0.5) is 0 Å². The molecule has 0 saturated heterocycles. The van der Waals surface area contributed by atoms with Crippen LogP contribution in [0, 0.1) is 0 Å². The number of primary amides is 6. The molecule has 0 saturated carbocycles. The summed E-state index contributed by atoms with van der Waals surface area (Å²) in [6, 6.07) is 0. The van der Waals surface area contributed by atoms with Gasteiger partial charge in [0.2, 0.25) is 35.4 Å². The molecule has 0 aromatic carbocycles. The van der Waals surface area contributed by atoms with Crippen LogP contribution >= 0.6 is 0 Å². The third-order valence-corrected chi connectivity index (χ3v) is 0. The predicted molar refractivity (Wildman–Crippen MR) is 89.2 cm³/mol. The summed E-state index contributed by atoms with van der Waals surface area (Å²) in [5.41, 5.74) is 26.8. The van der Waals surface area contributed by atoms with Crippen LogP contribution < -0.4 is 34.4 Å². The Bertz CT molecular complexity index is 267. The van der Waals surface area contributed by atoms with Crippen LogP contribution in [0.3, 0.4) is 0 Å². The van der Waals surface area contributed by atoms with Gasteiger partial charge in [0, 0.05) is 41.5 Å². The molecule has 0 heterocycles. The lowest BCUT2D eigenvalue weighted by Crippen LogP contribution is -2.01. The fraction of sp³-hybridized carbons (Fsp3) is 0.500. The first-order valence-corrected chi connectivity index (χ1v) is 5.96. The van der Waals surface area contributed by atoms with Gasteiger partial charge in [-0.05, 0) is 0 Å². The van der Waals surface area contributed by atoms with Gasteiger partial charge in [0.1, 0.15) is 0 Å². The summed E-state index contributed by atoms with van der Waals surface area (Å²) in [5.74, 6) is -2.00. The quantitative estimate of drug-likeness (QED) is 0.263. The summed E-state index contributed by atoms with van der Waals surface area (Å²) < 4.78 is 0. The Labute approximate surface area is 141 Å². The second-order valence-corrected chi connectivity index (χ2v) is 3.66. The molecular formula is C12H30N6O6. The molecule has 0 aliphatic rings. The highest BCUT2D eigenvalue weighted by Crippen LogP contribution is 1.35. The van der Waals surface area contributed by atoms with Crippen molar-refractivity contribution in [2.24, 2.45) is 34.4 Å². The molecule has 0 radical (unpaired) electrons. The van der Waals surface area contributed by atoms with Crippen LogP contribution in [-0.2, 0) is 28.8 Å². The maximum Gasteiger partial charge on any atom is 0.214 e. The SMILES string of the molecule is CC(N)=O.CC(N)=O.CC(N)=O.CC(N)=O.CC(N)=O.CC(N)=O. The van der Waals surface area contributed by atoms with E-state index in [0.29, 0.717) is 0 Å². The van der Waals surface area contributed by atoms with E-state index in [9.17, 15) is 28.8 Å². The van der Waals surface area contributed by atoms with Crippen molar-refractivity contribution in [1.82, 2.24) is 0 Å². The maximum absolute atomic E-state index is 9.22. The van der Waals surface area contributed by atoms with E-state index in [4.69, 9.17) is 0 Å². The zero-order valence-corrected chi connectivity index (χ0v) is 14.9. The lowest BCUT2D eigenvalue weighted by atomic mass is 10.8. The molecule has 6 amide bonds. The van der Waals surface area contributed by atoms with E-state index in [2.05, 4.69) is 34.4 Å². The molecule has 12 heteroatoms. The van der Waals surface area contributed by atoms with Crippen molar-refractivity contribution in [3.63, 3.8) is 0 Å². The van der Waals surface area contributed by atoms with Crippen molar-refractivity contribution < 1.29 is 28.8 Å². The highest BCUT2D eigenvalue weighted by molar-refractivity contribution is 5.71. The summed E-state index contributed by atoms with van der Waals surface area (Å²) in [4.78, 5) is 55.3. The summed E-state index contributed by atoms with van der Waals surface area (Å²) >= 11 is 0. The third-order valence-electron chi connectivity index (χ3n) is 0. The van der Waals surface area contributed by atoms with Crippen molar-refractivity contribution in [3.8, 4) is 0 Å². The van der Waals surface area contributed by atoms with E-state index >= 15 is 0 Å². The van der Waals surface area contributed by atoms with E-state index in [1.54, 1.807) is 0 Å². The first kappa shape index (κ1) is 37.2. The van der Waals surface area contributed by atoms with Crippen molar-refractivity contribution in [2.75, 3.05) is 0 Å². The molecule has 0 atom stereocenters. The average Bonchev–Trinajstić information content (AvgIpc) is 2.08. The number of nitrogens with two attached hydrogens (primary N) is 6. The zero-order valence-electron chi connectivity index (χ0n) is 14.9. The summed E-state index contributed by atoms with van der Waals surface area (Å²) in [7, 11) is 0. The molecule has 0 aromatic rings. The van der Waals surface area contributed by atoms with E-state index in [0.717, 1.165) is 0 Å². The lowest BCUT2D eigenvalue weighted by molar-refractivity contribution is -0.116. The van der Waals surface area contributed by atoms with Gasteiger partial charge in [-0.25, -0.2) is 0 Å². The molecule has 0 spiro atoms. The molecule has 0 bridgehead atoms. The van der Waals surface area contributed by atoms with E-state index < -0.39 is 0 Å². The number of carbonyl (C=O) groups excluding carboxylic acids is 6. The minimum absolute atomic E-state index is 0.333. The minimum Gasteiger partial charge on any atom is -0.370 e. The van der Waals surface area contributed by atoms with Gasteiger partial charge in [0.15, 0.2) is 0 Å². The number of carbonyl (C=O) groups is 6. The van der Waals surface area contributed by atoms with Crippen molar-refractivity contribution in [1.29, 1.82) is 0 Å². The number of hydrogen-bond acceptors (Lipinski definition) is 6. The second-order valence-electron chi connectivity index (χ2n) is 3.66. The van der Waals surface area contributed by atoms with E-state index in [1.807, 2.05) is 0 Å². The first-order valence-electron chi connectivity index (χ1n) is 5.96. The van der Waals surface area contributed by atoms with E-state index in [1.165, 1.54) is 41.5 Å². The van der Waals surface area contributed by atoms with Crippen molar-refractivity contribution in [3.05, 3.63) is 0 Å². The molecule has 0 aliphatic carbocycles. The standard InChI is InChI=1S/6C2H5NO/c6*1-2(3)4/h6*1H3,(H2,3,4). The topological polar surface area (TPSA) is 259 Å².